The Hall–Kier alpha value is -3.00. The predicted octanol–water partition coefficient (Wildman–Crippen LogP) is 2.11. The van der Waals surface area contributed by atoms with Crippen molar-refractivity contribution in [1.29, 1.82) is 0 Å². The molecule has 0 bridgehead atoms. The Labute approximate surface area is 150 Å². The Morgan fingerprint density at radius 3 is 2.54 bits per heavy atom. The van der Waals surface area contributed by atoms with Crippen molar-refractivity contribution in [3.63, 3.8) is 0 Å². The minimum Gasteiger partial charge on any atom is -0.465 e. The van der Waals surface area contributed by atoms with Crippen molar-refractivity contribution in [2.45, 2.75) is 18.9 Å². The number of benzene rings is 1. The number of aromatic nitrogens is 2. The summed E-state index contributed by atoms with van der Waals surface area (Å²) < 4.78 is 10.2. The molecule has 2 aromatic rings. The number of esters is 1. The molecule has 0 spiro atoms. The molecule has 2 heterocycles. The molecule has 0 saturated carbocycles. The predicted molar refractivity (Wildman–Crippen MR) is 95.2 cm³/mol. The largest absolute Gasteiger partial charge is 0.465 e. The van der Waals surface area contributed by atoms with Gasteiger partial charge < -0.3 is 20.1 Å². The normalized spacial score (nSPS) is 16.1. The molecule has 1 aliphatic heterocycles. The summed E-state index contributed by atoms with van der Waals surface area (Å²) in [6, 6.07) is 6.41. The number of anilines is 2. The maximum absolute atomic E-state index is 12.2. The van der Waals surface area contributed by atoms with E-state index in [9.17, 15) is 9.59 Å². The number of nitrogens with zero attached hydrogens (tertiary/aromatic N) is 2. The number of methoxy groups -OCH3 is 1. The van der Waals surface area contributed by atoms with Gasteiger partial charge in [0.05, 0.1) is 24.3 Å². The smallest absolute Gasteiger partial charge is 0.337 e. The standard InChI is InChI=1S/C18H20N4O4/c1-25-17(24)12-4-6-14(7-5-12)22-16(23)13-9-19-18(20-10-13)21-11-15-3-2-8-26-15/h4-7,9-10,15H,2-3,8,11H2,1H3,(H,22,23)(H,19,20,21). The van der Waals surface area contributed by atoms with Gasteiger partial charge in [-0.05, 0) is 37.1 Å². The second-order valence-corrected chi connectivity index (χ2v) is 5.83. The molecule has 2 N–H and O–H groups in total. The van der Waals surface area contributed by atoms with E-state index in [1.807, 2.05) is 0 Å². The molecule has 0 radical (unpaired) electrons. The van der Waals surface area contributed by atoms with Gasteiger partial charge in [-0.15, -0.1) is 0 Å². The average Bonchev–Trinajstić information content (AvgIpc) is 3.20. The van der Waals surface area contributed by atoms with Crippen LogP contribution in [0.4, 0.5) is 11.6 Å². The number of rotatable bonds is 6. The van der Waals surface area contributed by atoms with Gasteiger partial charge >= 0.3 is 5.97 Å². The zero-order valence-electron chi connectivity index (χ0n) is 14.4. The molecular weight excluding hydrogens is 336 g/mol. The molecule has 1 saturated heterocycles. The van der Waals surface area contributed by atoms with E-state index in [1.165, 1.54) is 19.5 Å². The first-order valence-electron chi connectivity index (χ1n) is 8.33. The SMILES string of the molecule is COC(=O)c1ccc(NC(=O)c2cnc(NCC3CCCO3)nc2)cc1. The lowest BCUT2D eigenvalue weighted by Crippen LogP contribution is -2.20. The van der Waals surface area contributed by atoms with Crippen LogP contribution >= 0.6 is 0 Å². The van der Waals surface area contributed by atoms with E-state index in [4.69, 9.17) is 4.74 Å². The summed E-state index contributed by atoms with van der Waals surface area (Å²) in [7, 11) is 1.32. The van der Waals surface area contributed by atoms with E-state index in [1.54, 1.807) is 24.3 Å². The van der Waals surface area contributed by atoms with Crippen molar-refractivity contribution in [2.75, 3.05) is 30.9 Å². The number of carbonyl (C=O) groups is 2. The fourth-order valence-electron chi connectivity index (χ4n) is 2.56. The molecule has 1 fully saturated rings. The van der Waals surface area contributed by atoms with E-state index in [-0.39, 0.29) is 12.0 Å². The Balaban J connectivity index is 1.54. The number of carbonyl (C=O) groups excluding carboxylic acids is 2. The van der Waals surface area contributed by atoms with E-state index in [2.05, 4.69) is 25.3 Å². The summed E-state index contributed by atoms with van der Waals surface area (Å²) in [6.45, 7) is 1.45. The fraction of sp³-hybridized carbons (Fsp3) is 0.333. The lowest BCUT2D eigenvalue weighted by Gasteiger charge is -2.10. The Bertz CT molecular complexity index is 756. The van der Waals surface area contributed by atoms with Crippen LogP contribution in [0.1, 0.15) is 33.6 Å². The summed E-state index contributed by atoms with van der Waals surface area (Å²) in [5.74, 6) is -0.302. The molecule has 1 atom stereocenters. The minimum atomic E-state index is -0.428. The number of amides is 1. The first-order valence-corrected chi connectivity index (χ1v) is 8.33. The minimum absolute atomic E-state index is 0.189. The fourth-order valence-corrected chi connectivity index (χ4v) is 2.56. The number of ether oxygens (including phenoxy) is 2. The van der Waals surface area contributed by atoms with Gasteiger partial charge in [0.25, 0.3) is 5.91 Å². The summed E-state index contributed by atoms with van der Waals surface area (Å²) in [6.07, 6.45) is 5.22. The second kappa shape index (κ2) is 8.39. The van der Waals surface area contributed by atoms with Crippen LogP contribution in [-0.4, -0.2) is 48.2 Å². The maximum atomic E-state index is 12.2. The topological polar surface area (TPSA) is 102 Å². The van der Waals surface area contributed by atoms with Gasteiger partial charge in [0, 0.05) is 31.2 Å². The van der Waals surface area contributed by atoms with Crippen LogP contribution in [0.2, 0.25) is 0 Å². The highest BCUT2D eigenvalue weighted by molar-refractivity contribution is 6.04. The van der Waals surface area contributed by atoms with Crippen LogP contribution < -0.4 is 10.6 Å². The molecule has 1 aromatic heterocycles. The summed E-state index contributed by atoms with van der Waals surface area (Å²) in [4.78, 5) is 31.9. The van der Waals surface area contributed by atoms with Crippen LogP contribution in [0, 0.1) is 0 Å². The molecule has 8 heteroatoms. The van der Waals surface area contributed by atoms with Gasteiger partial charge in [0.2, 0.25) is 5.95 Å². The molecule has 1 unspecified atom stereocenters. The Morgan fingerprint density at radius 1 is 1.19 bits per heavy atom. The third-order valence-corrected chi connectivity index (χ3v) is 3.99. The van der Waals surface area contributed by atoms with Gasteiger partial charge in [-0.1, -0.05) is 0 Å². The lowest BCUT2D eigenvalue weighted by molar-refractivity contribution is 0.0600. The first-order chi connectivity index (χ1) is 12.7. The van der Waals surface area contributed by atoms with Gasteiger partial charge in [0.1, 0.15) is 0 Å². The van der Waals surface area contributed by atoms with Crippen molar-refractivity contribution < 1.29 is 19.1 Å². The molecule has 0 aliphatic carbocycles. The van der Waals surface area contributed by atoms with E-state index < -0.39 is 5.97 Å². The molecule has 136 valence electrons. The van der Waals surface area contributed by atoms with Crippen LogP contribution in [0.25, 0.3) is 0 Å². The van der Waals surface area contributed by atoms with Crippen molar-refractivity contribution in [1.82, 2.24) is 9.97 Å². The summed E-state index contributed by atoms with van der Waals surface area (Å²) >= 11 is 0. The number of hydrogen-bond donors (Lipinski definition) is 2. The van der Waals surface area contributed by atoms with E-state index >= 15 is 0 Å². The van der Waals surface area contributed by atoms with Crippen LogP contribution in [-0.2, 0) is 9.47 Å². The monoisotopic (exact) mass is 356 g/mol. The zero-order chi connectivity index (χ0) is 18.4. The third kappa shape index (κ3) is 4.54. The lowest BCUT2D eigenvalue weighted by atomic mass is 10.2. The molecule has 26 heavy (non-hydrogen) atoms. The molecule has 1 aliphatic rings. The quantitative estimate of drug-likeness (QED) is 0.764. The maximum Gasteiger partial charge on any atom is 0.337 e. The van der Waals surface area contributed by atoms with Crippen molar-refractivity contribution >= 4 is 23.5 Å². The molecular formula is C18H20N4O4. The van der Waals surface area contributed by atoms with Gasteiger partial charge in [-0.3, -0.25) is 4.79 Å². The molecule has 8 nitrogen and oxygen atoms in total. The molecule has 3 rings (SSSR count). The highest BCUT2D eigenvalue weighted by Crippen LogP contribution is 2.13. The average molecular weight is 356 g/mol. The van der Waals surface area contributed by atoms with Crippen LogP contribution in [0.3, 0.4) is 0 Å². The molecule has 1 aromatic carbocycles. The zero-order valence-corrected chi connectivity index (χ0v) is 14.4. The number of nitrogens with one attached hydrogen (secondary N) is 2. The third-order valence-electron chi connectivity index (χ3n) is 3.99. The van der Waals surface area contributed by atoms with Crippen molar-refractivity contribution in [3.05, 3.63) is 47.8 Å². The van der Waals surface area contributed by atoms with Gasteiger partial charge in [-0.25, -0.2) is 14.8 Å². The van der Waals surface area contributed by atoms with E-state index in [0.29, 0.717) is 29.3 Å². The van der Waals surface area contributed by atoms with E-state index in [0.717, 1.165) is 19.4 Å². The number of hydrogen-bond acceptors (Lipinski definition) is 7. The first kappa shape index (κ1) is 17.8. The highest BCUT2D eigenvalue weighted by atomic mass is 16.5. The van der Waals surface area contributed by atoms with Crippen LogP contribution in [0.15, 0.2) is 36.7 Å². The Morgan fingerprint density at radius 2 is 1.92 bits per heavy atom. The highest BCUT2D eigenvalue weighted by Gasteiger charge is 2.15. The van der Waals surface area contributed by atoms with Gasteiger partial charge in [0.15, 0.2) is 0 Å². The van der Waals surface area contributed by atoms with Crippen LogP contribution in [0.5, 0.6) is 0 Å². The second-order valence-electron chi connectivity index (χ2n) is 5.83. The van der Waals surface area contributed by atoms with Crippen molar-refractivity contribution in [2.24, 2.45) is 0 Å². The molecule has 1 amide bonds. The van der Waals surface area contributed by atoms with Crippen molar-refractivity contribution in [3.8, 4) is 0 Å². The summed E-state index contributed by atoms with van der Waals surface area (Å²) in [5, 5.41) is 5.83. The summed E-state index contributed by atoms with van der Waals surface area (Å²) in [5.41, 5.74) is 1.31. The Kier molecular flexibility index (Phi) is 5.75. The van der Waals surface area contributed by atoms with Gasteiger partial charge in [-0.2, -0.15) is 0 Å².